The zero-order chi connectivity index (χ0) is 25.6. The second-order valence-corrected chi connectivity index (χ2v) is 10.4. The lowest BCUT2D eigenvalue weighted by atomic mass is 9.98. The van der Waals surface area contributed by atoms with Crippen molar-refractivity contribution in [1.82, 2.24) is 20.2 Å². The SMILES string of the molecule is COc1c(Cl)cccc1Nc1c(-c2ccncc2OCC2CN(C)CCO2)[nH]c2c1C(=O)NC1(CC1)C2. The summed E-state index contributed by atoms with van der Waals surface area (Å²) in [5.41, 5.74) is 4.21. The Morgan fingerprint density at radius 3 is 2.97 bits per heavy atom. The van der Waals surface area contributed by atoms with Crippen molar-refractivity contribution in [2.75, 3.05) is 45.8 Å². The number of halogens is 1. The Bertz CT molecular complexity index is 1340. The summed E-state index contributed by atoms with van der Waals surface area (Å²) in [4.78, 5) is 23.5. The first kappa shape index (κ1) is 24.1. The third kappa shape index (κ3) is 4.63. The molecule has 194 valence electrons. The van der Waals surface area contributed by atoms with Crippen molar-refractivity contribution in [2.24, 2.45) is 0 Å². The predicted octanol–water partition coefficient (Wildman–Crippen LogP) is 4.01. The molecule has 2 aromatic heterocycles. The number of nitrogens with one attached hydrogen (secondary N) is 3. The Morgan fingerprint density at radius 2 is 2.19 bits per heavy atom. The standard InChI is InChI=1S/C27H30ClN5O4/c1-33-10-11-36-16(14-33)15-37-21-13-29-9-6-17(21)23-24(30-19-5-3-4-18(28)25(19)35-2)22-20(31-23)12-27(7-8-27)32-26(22)34/h3-6,9,13,16,30-31H,7-8,10-12,14-15H2,1-2H3,(H,32,34). The average molecular weight is 524 g/mol. The molecule has 1 aromatic carbocycles. The Balaban J connectivity index is 1.40. The van der Waals surface area contributed by atoms with E-state index in [2.05, 4.69) is 32.5 Å². The maximum atomic E-state index is 13.4. The van der Waals surface area contributed by atoms with Gasteiger partial charge in [0.25, 0.3) is 5.91 Å². The molecule has 1 saturated heterocycles. The van der Waals surface area contributed by atoms with Gasteiger partial charge in [-0.05, 0) is 38.1 Å². The van der Waals surface area contributed by atoms with Crippen molar-refractivity contribution < 1.29 is 19.0 Å². The fourth-order valence-electron chi connectivity index (χ4n) is 5.20. The molecule has 2 fully saturated rings. The van der Waals surface area contributed by atoms with Gasteiger partial charge in [-0.15, -0.1) is 0 Å². The highest BCUT2D eigenvalue weighted by Gasteiger charge is 2.49. The van der Waals surface area contributed by atoms with Crippen LogP contribution >= 0.6 is 11.6 Å². The van der Waals surface area contributed by atoms with Crippen molar-refractivity contribution in [2.45, 2.75) is 30.9 Å². The number of hydrogen-bond donors (Lipinski definition) is 3. The average Bonchev–Trinajstić information content (AvgIpc) is 3.52. The van der Waals surface area contributed by atoms with E-state index in [0.29, 0.717) is 46.7 Å². The number of anilines is 2. The number of likely N-dealkylation sites (N-methyl/N-ethyl adjacent to an activating group) is 1. The number of hydrogen-bond acceptors (Lipinski definition) is 7. The maximum Gasteiger partial charge on any atom is 0.255 e. The van der Waals surface area contributed by atoms with Crippen LogP contribution in [0.3, 0.4) is 0 Å². The summed E-state index contributed by atoms with van der Waals surface area (Å²) in [5.74, 6) is 1.02. The van der Waals surface area contributed by atoms with Gasteiger partial charge in [-0.2, -0.15) is 0 Å². The van der Waals surface area contributed by atoms with Crippen LogP contribution in [0.4, 0.5) is 11.4 Å². The monoisotopic (exact) mass is 523 g/mol. The van der Waals surface area contributed by atoms with E-state index in [0.717, 1.165) is 49.3 Å². The first-order valence-corrected chi connectivity index (χ1v) is 12.9. The molecule has 1 saturated carbocycles. The minimum absolute atomic E-state index is 0.0301. The largest absolute Gasteiger partial charge is 0.493 e. The van der Waals surface area contributed by atoms with Crippen LogP contribution in [0.25, 0.3) is 11.3 Å². The van der Waals surface area contributed by atoms with Crippen LogP contribution in [0.5, 0.6) is 11.5 Å². The van der Waals surface area contributed by atoms with E-state index >= 15 is 0 Å². The van der Waals surface area contributed by atoms with Crippen LogP contribution < -0.4 is 20.1 Å². The minimum atomic E-state index is -0.140. The van der Waals surface area contributed by atoms with Gasteiger partial charge in [0, 0.05) is 42.5 Å². The molecule has 0 bridgehead atoms. The van der Waals surface area contributed by atoms with Gasteiger partial charge >= 0.3 is 0 Å². The number of morpholine rings is 1. The molecule has 3 aromatic rings. The number of rotatable bonds is 7. The number of carbonyl (C=O) groups excluding carboxylic acids is 1. The first-order chi connectivity index (χ1) is 18.0. The number of aromatic nitrogens is 2. The lowest BCUT2D eigenvalue weighted by Crippen LogP contribution is -2.43. The maximum absolute atomic E-state index is 13.4. The normalized spacial score (nSPS) is 20.3. The van der Waals surface area contributed by atoms with Crippen LogP contribution in [0.2, 0.25) is 5.02 Å². The number of aromatic amines is 1. The molecule has 9 nitrogen and oxygen atoms in total. The van der Waals surface area contributed by atoms with Gasteiger partial charge in [0.2, 0.25) is 0 Å². The van der Waals surface area contributed by atoms with Crippen molar-refractivity contribution >= 4 is 28.9 Å². The van der Waals surface area contributed by atoms with Crippen LogP contribution in [0.15, 0.2) is 36.7 Å². The van der Waals surface area contributed by atoms with Gasteiger partial charge < -0.3 is 34.7 Å². The Kier molecular flexibility index (Phi) is 6.22. The summed E-state index contributed by atoms with van der Waals surface area (Å²) >= 11 is 6.40. The number of methoxy groups -OCH3 is 1. The highest BCUT2D eigenvalue weighted by atomic mass is 35.5. The number of fused-ring (bicyclic) bond motifs is 1. The molecule has 1 amide bonds. The van der Waals surface area contributed by atoms with Gasteiger partial charge in [-0.3, -0.25) is 9.78 Å². The van der Waals surface area contributed by atoms with Crippen molar-refractivity contribution in [3.8, 4) is 22.8 Å². The van der Waals surface area contributed by atoms with E-state index in [1.165, 1.54) is 0 Å². The number of ether oxygens (including phenoxy) is 3. The number of benzene rings is 1. The molecular weight excluding hydrogens is 494 g/mol. The van der Waals surface area contributed by atoms with Gasteiger partial charge in [-0.25, -0.2) is 0 Å². The number of para-hydroxylation sites is 1. The molecule has 1 aliphatic carbocycles. The fourth-order valence-corrected chi connectivity index (χ4v) is 5.45. The first-order valence-electron chi connectivity index (χ1n) is 12.5. The number of carbonyl (C=O) groups is 1. The molecule has 2 aliphatic heterocycles. The minimum Gasteiger partial charge on any atom is -0.493 e. The van der Waals surface area contributed by atoms with Crippen LogP contribution in [-0.2, 0) is 11.2 Å². The molecule has 4 heterocycles. The topological polar surface area (TPSA) is 101 Å². The van der Waals surface area contributed by atoms with Crippen LogP contribution in [-0.4, -0.2) is 72.9 Å². The molecule has 6 rings (SSSR count). The van der Waals surface area contributed by atoms with Gasteiger partial charge in [-0.1, -0.05) is 17.7 Å². The summed E-state index contributed by atoms with van der Waals surface area (Å²) in [5, 5.41) is 7.14. The zero-order valence-electron chi connectivity index (χ0n) is 20.9. The van der Waals surface area contributed by atoms with Gasteiger partial charge in [0.1, 0.15) is 18.5 Å². The number of nitrogens with zero attached hydrogens (tertiary/aromatic N) is 2. The quantitative estimate of drug-likeness (QED) is 0.430. The highest BCUT2D eigenvalue weighted by molar-refractivity contribution is 6.32. The molecule has 1 atom stereocenters. The summed E-state index contributed by atoms with van der Waals surface area (Å²) < 4.78 is 17.7. The molecule has 1 unspecified atom stereocenters. The van der Waals surface area contributed by atoms with E-state index in [4.69, 9.17) is 25.8 Å². The van der Waals surface area contributed by atoms with Crippen LogP contribution in [0.1, 0.15) is 28.9 Å². The Hall–Kier alpha value is -3.27. The molecular formula is C27H30ClN5O4. The zero-order valence-corrected chi connectivity index (χ0v) is 21.7. The van der Waals surface area contributed by atoms with E-state index in [1.807, 2.05) is 18.2 Å². The summed E-state index contributed by atoms with van der Waals surface area (Å²) in [6.07, 6.45) is 6.11. The lowest BCUT2D eigenvalue weighted by Gasteiger charge is -2.30. The smallest absolute Gasteiger partial charge is 0.255 e. The number of pyridine rings is 1. The summed E-state index contributed by atoms with van der Waals surface area (Å²) in [6.45, 7) is 2.79. The van der Waals surface area contributed by atoms with Crippen molar-refractivity contribution in [3.63, 3.8) is 0 Å². The summed E-state index contributed by atoms with van der Waals surface area (Å²) in [6, 6.07) is 7.37. The summed E-state index contributed by atoms with van der Waals surface area (Å²) in [7, 11) is 3.65. The predicted molar refractivity (Wildman–Crippen MR) is 141 cm³/mol. The van der Waals surface area contributed by atoms with E-state index < -0.39 is 0 Å². The number of amides is 1. The Labute approximate surface area is 220 Å². The third-order valence-electron chi connectivity index (χ3n) is 7.30. The molecule has 37 heavy (non-hydrogen) atoms. The second-order valence-electron chi connectivity index (χ2n) is 10.0. The lowest BCUT2D eigenvalue weighted by molar-refractivity contribution is -0.0403. The third-order valence-corrected chi connectivity index (χ3v) is 7.60. The van der Waals surface area contributed by atoms with E-state index in [1.54, 1.807) is 25.6 Å². The van der Waals surface area contributed by atoms with Crippen molar-refractivity contribution in [3.05, 3.63) is 52.9 Å². The van der Waals surface area contributed by atoms with Crippen LogP contribution in [0, 0.1) is 0 Å². The highest BCUT2D eigenvalue weighted by Crippen LogP contribution is 2.48. The molecule has 10 heteroatoms. The van der Waals surface area contributed by atoms with Crippen molar-refractivity contribution in [1.29, 1.82) is 0 Å². The Morgan fingerprint density at radius 1 is 1.32 bits per heavy atom. The van der Waals surface area contributed by atoms with Gasteiger partial charge in [0.05, 0.1) is 47.6 Å². The molecule has 3 N–H and O–H groups in total. The molecule has 3 aliphatic rings. The van der Waals surface area contributed by atoms with E-state index in [9.17, 15) is 4.79 Å². The number of H-pyrrole nitrogens is 1. The van der Waals surface area contributed by atoms with E-state index in [-0.39, 0.29) is 17.6 Å². The second kappa shape index (κ2) is 9.55. The van der Waals surface area contributed by atoms with Gasteiger partial charge in [0.15, 0.2) is 5.75 Å². The molecule has 1 spiro atoms. The fraction of sp³-hybridized carbons (Fsp3) is 0.407. The molecule has 0 radical (unpaired) electrons.